The van der Waals surface area contributed by atoms with Gasteiger partial charge in [0.05, 0.1) is 0 Å². The molecule has 0 aromatic carbocycles. The molecule has 0 aromatic rings. The maximum Gasteiger partial charge on any atom is 0.341 e. The second-order valence-electron chi connectivity index (χ2n) is 4.54. The Morgan fingerprint density at radius 1 is 1.56 bits per heavy atom. The van der Waals surface area contributed by atoms with E-state index < -0.39 is 23.1 Å². The fourth-order valence-corrected chi connectivity index (χ4v) is 1.65. The molecule has 6 heteroatoms. The molecule has 1 aliphatic rings. The normalized spacial score (nSPS) is 27.6. The molecule has 0 aliphatic carbocycles. The highest BCUT2D eigenvalue weighted by atomic mass is 16.6. The fourth-order valence-electron chi connectivity index (χ4n) is 1.65. The third-order valence-corrected chi connectivity index (χ3v) is 2.41. The number of carbonyl (C=O) groups excluding carboxylic acids is 1. The molecule has 0 amide bonds. The smallest absolute Gasteiger partial charge is 0.341 e. The van der Waals surface area contributed by atoms with Crippen LogP contribution in [-0.4, -0.2) is 45.0 Å². The number of hydrogen-bond donors (Lipinski definition) is 2. The Bertz CT molecular complexity index is 333. The third kappa shape index (κ3) is 2.17. The highest BCUT2D eigenvalue weighted by Gasteiger charge is 2.56. The lowest BCUT2D eigenvalue weighted by Gasteiger charge is -2.31. The molecule has 1 aliphatic heterocycles. The van der Waals surface area contributed by atoms with E-state index in [1.54, 1.807) is 0 Å². The molecule has 1 fully saturated rings. The highest BCUT2D eigenvalue weighted by molar-refractivity contribution is 6.04. The first-order valence-electron chi connectivity index (χ1n) is 5.69. The molecule has 2 N–H and O–H groups in total. The van der Waals surface area contributed by atoms with Crippen LogP contribution in [0.3, 0.4) is 0 Å². The van der Waals surface area contributed by atoms with Gasteiger partial charge in [-0.15, -0.1) is 0 Å². The van der Waals surface area contributed by atoms with Crippen LogP contribution in [0.15, 0.2) is 0 Å². The number of aliphatic carboxylic acids is 1. The molecule has 1 atom stereocenters. The average Bonchev–Trinajstić information content (AvgIpc) is 2.60. The SMILES string of the molecule is [2H]CC(C)(C)OC(=O)[C@@]1(C(=O)O)CCCN1O. The molecule has 16 heavy (non-hydrogen) atoms. The number of hydrogen-bond acceptors (Lipinski definition) is 5. The second-order valence-corrected chi connectivity index (χ2v) is 4.54. The van der Waals surface area contributed by atoms with E-state index in [2.05, 4.69) is 0 Å². The van der Waals surface area contributed by atoms with Gasteiger partial charge in [-0.25, -0.2) is 9.59 Å². The van der Waals surface area contributed by atoms with E-state index in [0.29, 0.717) is 11.5 Å². The van der Waals surface area contributed by atoms with Crippen molar-refractivity contribution in [3.8, 4) is 0 Å². The molecule has 0 aromatic heterocycles. The van der Waals surface area contributed by atoms with Crippen molar-refractivity contribution >= 4 is 11.9 Å². The van der Waals surface area contributed by atoms with Crippen LogP contribution >= 0.6 is 0 Å². The first-order valence-corrected chi connectivity index (χ1v) is 4.99. The number of carboxylic acids is 1. The van der Waals surface area contributed by atoms with Crippen LogP contribution in [0.4, 0.5) is 0 Å². The number of hydroxylamine groups is 2. The van der Waals surface area contributed by atoms with Crippen LogP contribution in [0, 0.1) is 0 Å². The predicted octanol–water partition coefficient (Wildman–Crippen LogP) is 0.636. The van der Waals surface area contributed by atoms with Gasteiger partial charge in [0.15, 0.2) is 0 Å². The summed E-state index contributed by atoms with van der Waals surface area (Å²) in [4.78, 5) is 23.1. The maximum atomic E-state index is 11.9. The first kappa shape index (κ1) is 11.3. The van der Waals surface area contributed by atoms with Gasteiger partial charge in [0.25, 0.3) is 0 Å². The van der Waals surface area contributed by atoms with Gasteiger partial charge in [0.2, 0.25) is 5.54 Å². The fraction of sp³-hybridized carbons (Fsp3) is 0.800. The largest absolute Gasteiger partial charge is 0.479 e. The Morgan fingerprint density at radius 2 is 2.19 bits per heavy atom. The summed E-state index contributed by atoms with van der Waals surface area (Å²) in [7, 11) is 0. The van der Waals surface area contributed by atoms with Crippen molar-refractivity contribution < 1.29 is 26.0 Å². The molecule has 1 saturated heterocycles. The molecule has 1 rings (SSSR count). The van der Waals surface area contributed by atoms with Crippen molar-refractivity contribution in [1.29, 1.82) is 0 Å². The molecular weight excluding hydrogens is 214 g/mol. The lowest BCUT2D eigenvalue weighted by Crippen LogP contribution is -2.57. The van der Waals surface area contributed by atoms with E-state index in [1.807, 2.05) is 0 Å². The van der Waals surface area contributed by atoms with E-state index in [-0.39, 0.29) is 19.9 Å². The van der Waals surface area contributed by atoms with Crippen LogP contribution in [0.2, 0.25) is 0 Å². The van der Waals surface area contributed by atoms with Crippen molar-refractivity contribution in [3.63, 3.8) is 0 Å². The van der Waals surface area contributed by atoms with Gasteiger partial charge in [-0.1, -0.05) is 0 Å². The average molecular weight is 232 g/mol. The van der Waals surface area contributed by atoms with Crippen LogP contribution in [-0.2, 0) is 14.3 Å². The Hall–Kier alpha value is -1.14. The molecule has 0 spiro atoms. The minimum Gasteiger partial charge on any atom is -0.479 e. The van der Waals surface area contributed by atoms with Crippen molar-refractivity contribution in [3.05, 3.63) is 0 Å². The number of ether oxygens (including phenoxy) is 1. The van der Waals surface area contributed by atoms with Crippen LogP contribution < -0.4 is 0 Å². The van der Waals surface area contributed by atoms with Gasteiger partial charge in [-0.2, -0.15) is 5.06 Å². The topological polar surface area (TPSA) is 87.1 Å². The summed E-state index contributed by atoms with van der Waals surface area (Å²) in [5.74, 6) is -2.44. The summed E-state index contributed by atoms with van der Waals surface area (Å²) in [6, 6.07) is 0. The van der Waals surface area contributed by atoms with Crippen LogP contribution in [0.25, 0.3) is 0 Å². The number of nitrogens with zero attached hydrogens (tertiary/aromatic N) is 1. The summed E-state index contributed by atoms with van der Waals surface area (Å²) < 4.78 is 12.2. The van der Waals surface area contributed by atoms with E-state index in [4.69, 9.17) is 11.2 Å². The number of carboxylic acid groups (broad SMARTS) is 1. The van der Waals surface area contributed by atoms with Crippen molar-refractivity contribution in [2.45, 2.75) is 44.7 Å². The minimum atomic E-state index is -2.02. The van der Waals surface area contributed by atoms with Crippen molar-refractivity contribution in [2.75, 3.05) is 6.54 Å². The third-order valence-electron chi connectivity index (χ3n) is 2.41. The zero-order valence-electron chi connectivity index (χ0n) is 10.4. The van der Waals surface area contributed by atoms with Crippen LogP contribution in [0.1, 0.15) is 35.0 Å². The van der Waals surface area contributed by atoms with Gasteiger partial charge in [-0.3, -0.25) is 0 Å². The first-order chi connectivity index (χ1) is 7.76. The molecule has 0 unspecified atom stereocenters. The zero-order valence-corrected chi connectivity index (χ0v) is 9.39. The molecule has 92 valence electrons. The van der Waals surface area contributed by atoms with E-state index in [9.17, 15) is 14.8 Å². The number of esters is 1. The Morgan fingerprint density at radius 3 is 2.56 bits per heavy atom. The van der Waals surface area contributed by atoms with Gasteiger partial charge in [-0.05, 0) is 33.6 Å². The number of carbonyl (C=O) groups is 2. The highest BCUT2D eigenvalue weighted by Crippen LogP contribution is 2.30. The molecule has 1 heterocycles. The van der Waals surface area contributed by atoms with Gasteiger partial charge >= 0.3 is 11.9 Å². The lowest BCUT2D eigenvalue weighted by atomic mass is 9.97. The Balaban J connectivity index is 2.94. The molecular formula is C10H17NO5. The molecule has 0 saturated carbocycles. The van der Waals surface area contributed by atoms with Gasteiger partial charge in [0, 0.05) is 7.92 Å². The van der Waals surface area contributed by atoms with Gasteiger partial charge < -0.3 is 15.1 Å². The van der Waals surface area contributed by atoms with Gasteiger partial charge in [0.1, 0.15) is 5.60 Å². The second kappa shape index (κ2) is 4.03. The lowest BCUT2D eigenvalue weighted by molar-refractivity contribution is -0.206. The monoisotopic (exact) mass is 232 g/mol. The zero-order chi connectivity index (χ0) is 13.3. The summed E-state index contributed by atoms with van der Waals surface area (Å²) in [5, 5.41) is 19.2. The summed E-state index contributed by atoms with van der Waals surface area (Å²) in [6.45, 7) is 2.97. The van der Waals surface area contributed by atoms with Crippen LogP contribution in [0.5, 0.6) is 0 Å². The standard InChI is InChI=1S/C10H17NO5/c1-9(2,3)16-8(14)10(7(12)13)5-4-6-11(10)15/h15H,4-6H2,1-3H3,(H,12,13)/t10-/m0/s1/i1D. The summed E-state index contributed by atoms with van der Waals surface area (Å²) in [6.07, 6.45) is 0.408. The van der Waals surface area contributed by atoms with E-state index in [1.165, 1.54) is 13.8 Å². The predicted molar refractivity (Wildman–Crippen MR) is 53.9 cm³/mol. The summed E-state index contributed by atoms with van der Waals surface area (Å²) >= 11 is 0. The molecule has 6 nitrogen and oxygen atoms in total. The van der Waals surface area contributed by atoms with Crippen molar-refractivity contribution in [1.82, 2.24) is 5.06 Å². The minimum absolute atomic E-state index is 0.00570. The van der Waals surface area contributed by atoms with Crippen molar-refractivity contribution in [2.24, 2.45) is 0 Å². The van der Waals surface area contributed by atoms with E-state index >= 15 is 0 Å². The summed E-state index contributed by atoms with van der Waals surface area (Å²) in [5.41, 5.74) is -3.09. The quantitative estimate of drug-likeness (QED) is 0.536. The molecule has 0 bridgehead atoms. The van der Waals surface area contributed by atoms with E-state index in [0.717, 1.165) is 0 Å². The maximum absolute atomic E-state index is 11.9. The molecule has 0 radical (unpaired) electrons. The Labute approximate surface area is 95.2 Å². The number of rotatable bonds is 2. The Kier molecular flexibility index (Phi) is 2.86.